The van der Waals surface area contributed by atoms with E-state index >= 15 is 0 Å². The number of aryl methyl sites for hydroxylation is 1. The molecule has 2 amide bonds. The van der Waals surface area contributed by atoms with E-state index in [1.807, 2.05) is 47.0 Å². The van der Waals surface area contributed by atoms with Gasteiger partial charge in [-0.2, -0.15) is 0 Å². The van der Waals surface area contributed by atoms with Crippen molar-refractivity contribution in [3.63, 3.8) is 0 Å². The number of para-hydroxylation sites is 1. The van der Waals surface area contributed by atoms with E-state index in [1.54, 1.807) is 0 Å². The van der Waals surface area contributed by atoms with E-state index in [2.05, 4.69) is 4.90 Å². The van der Waals surface area contributed by atoms with Crippen LogP contribution in [0.4, 0.5) is 0 Å². The summed E-state index contributed by atoms with van der Waals surface area (Å²) in [5.41, 5.74) is 1.82. The number of carbonyl (C=O) groups excluding carboxylic acids is 2. The Labute approximate surface area is 153 Å². The monoisotopic (exact) mass is 351 g/mol. The van der Waals surface area contributed by atoms with Gasteiger partial charge in [0.2, 0.25) is 5.91 Å². The first-order valence-electron chi connectivity index (χ1n) is 9.75. The highest BCUT2D eigenvalue weighted by Gasteiger charge is 2.43. The van der Waals surface area contributed by atoms with Crippen LogP contribution in [-0.4, -0.2) is 51.9 Å². The van der Waals surface area contributed by atoms with Gasteiger partial charge in [0.1, 0.15) is 0 Å². The van der Waals surface area contributed by atoms with E-state index < -0.39 is 0 Å². The minimum Gasteiger partial charge on any atom is -0.350 e. The van der Waals surface area contributed by atoms with Crippen LogP contribution < -0.4 is 0 Å². The first kappa shape index (κ1) is 15.9. The third-order valence-electron chi connectivity index (χ3n) is 6.36. The zero-order valence-electron chi connectivity index (χ0n) is 15.2. The zero-order chi connectivity index (χ0) is 17.8. The number of fused-ring (bicyclic) bond motifs is 5. The minimum absolute atomic E-state index is 0.0218. The van der Waals surface area contributed by atoms with Crippen LogP contribution in [-0.2, 0) is 11.8 Å². The summed E-state index contributed by atoms with van der Waals surface area (Å²) in [7, 11) is 1.98. The molecule has 2 bridgehead atoms. The summed E-state index contributed by atoms with van der Waals surface area (Å²) in [5, 5.41) is 0.998. The Morgan fingerprint density at radius 2 is 1.92 bits per heavy atom. The maximum absolute atomic E-state index is 13.3. The molecule has 2 atom stereocenters. The molecule has 0 N–H and O–H groups in total. The Morgan fingerprint density at radius 3 is 2.73 bits per heavy atom. The van der Waals surface area contributed by atoms with Gasteiger partial charge in [0.05, 0.1) is 11.5 Å². The molecular weight excluding hydrogens is 326 g/mol. The smallest absolute Gasteiger partial charge is 0.256 e. The molecule has 3 saturated heterocycles. The van der Waals surface area contributed by atoms with Crippen LogP contribution in [0, 0.1) is 11.8 Å². The highest BCUT2D eigenvalue weighted by Crippen LogP contribution is 2.36. The molecule has 4 aliphatic rings. The van der Waals surface area contributed by atoms with Gasteiger partial charge in [-0.3, -0.25) is 9.59 Å². The fourth-order valence-electron chi connectivity index (χ4n) is 4.71. The quantitative estimate of drug-likeness (QED) is 0.853. The van der Waals surface area contributed by atoms with Crippen molar-refractivity contribution >= 4 is 22.7 Å². The topological polar surface area (TPSA) is 45.6 Å². The number of rotatable bonds is 3. The molecule has 1 aromatic heterocycles. The Balaban J connectivity index is 1.45. The van der Waals surface area contributed by atoms with E-state index in [0.717, 1.165) is 35.9 Å². The minimum atomic E-state index is -0.0218. The van der Waals surface area contributed by atoms with Gasteiger partial charge >= 0.3 is 0 Å². The number of aromatic nitrogens is 1. The summed E-state index contributed by atoms with van der Waals surface area (Å²) < 4.78 is 2.01. The van der Waals surface area contributed by atoms with Gasteiger partial charge in [0.15, 0.2) is 0 Å². The van der Waals surface area contributed by atoms with Crippen molar-refractivity contribution in [3.8, 4) is 0 Å². The fraction of sp³-hybridized carbons (Fsp3) is 0.524. The fourth-order valence-corrected chi connectivity index (χ4v) is 4.71. The van der Waals surface area contributed by atoms with Gasteiger partial charge in [-0.15, -0.1) is 0 Å². The Bertz CT molecular complexity index is 883. The lowest BCUT2D eigenvalue weighted by Gasteiger charge is -2.36. The summed E-state index contributed by atoms with van der Waals surface area (Å²) in [6.07, 6.45) is 6.38. The number of amides is 2. The average Bonchev–Trinajstić information content (AvgIpc) is 3.45. The van der Waals surface area contributed by atoms with Crippen molar-refractivity contribution in [1.82, 2.24) is 14.4 Å². The lowest BCUT2D eigenvalue weighted by Crippen LogP contribution is -2.48. The van der Waals surface area contributed by atoms with Crippen LogP contribution in [0.3, 0.4) is 0 Å². The molecular formula is C21H25N3O2. The molecule has 4 heterocycles. The Kier molecular flexibility index (Phi) is 3.59. The third-order valence-corrected chi connectivity index (χ3v) is 6.36. The summed E-state index contributed by atoms with van der Waals surface area (Å²) in [5.74, 6) is 1.02. The predicted molar refractivity (Wildman–Crippen MR) is 99.8 cm³/mol. The van der Waals surface area contributed by atoms with Gasteiger partial charge in [-0.25, -0.2) is 0 Å². The van der Waals surface area contributed by atoms with Gasteiger partial charge in [0, 0.05) is 49.8 Å². The van der Waals surface area contributed by atoms with Gasteiger partial charge in [-0.05, 0) is 37.7 Å². The second-order valence-electron chi connectivity index (χ2n) is 8.24. The van der Waals surface area contributed by atoms with Crippen LogP contribution in [0.2, 0.25) is 0 Å². The standard InChI is InChI=1S/C21H25N3O2/c1-22-13-18(17-4-2-3-5-19(17)22)21(26)23-11-15-8-9-16(12-23)24(20(15)25)10-14-6-7-14/h2-5,13-16H,6-12H2,1H3/t15-,16+/m1/s1. The number of carbonyl (C=O) groups is 2. The number of piperidine rings is 1. The van der Waals surface area contributed by atoms with Crippen molar-refractivity contribution in [2.75, 3.05) is 19.6 Å². The lowest BCUT2D eigenvalue weighted by molar-refractivity contribution is -0.140. The molecule has 4 fully saturated rings. The molecule has 26 heavy (non-hydrogen) atoms. The first-order chi connectivity index (χ1) is 12.6. The molecule has 5 heteroatoms. The molecule has 5 nitrogen and oxygen atoms in total. The van der Waals surface area contributed by atoms with Crippen LogP contribution in [0.15, 0.2) is 30.5 Å². The SMILES string of the molecule is Cn1cc(C(=O)N2C[C@H]3CC[C@@H](C2)N(CC2CC2)C3=O)c2ccccc21. The number of nitrogens with zero attached hydrogens (tertiary/aromatic N) is 3. The molecule has 136 valence electrons. The van der Waals surface area contributed by atoms with Crippen molar-refractivity contribution < 1.29 is 9.59 Å². The maximum Gasteiger partial charge on any atom is 0.256 e. The second-order valence-corrected chi connectivity index (χ2v) is 8.24. The normalized spacial score (nSPS) is 25.8. The summed E-state index contributed by atoms with van der Waals surface area (Å²) >= 11 is 0. The van der Waals surface area contributed by atoms with E-state index in [0.29, 0.717) is 19.0 Å². The van der Waals surface area contributed by atoms with Gasteiger partial charge in [0.25, 0.3) is 5.91 Å². The van der Waals surface area contributed by atoms with E-state index in [4.69, 9.17) is 0 Å². The number of benzene rings is 1. The lowest BCUT2D eigenvalue weighted by atomic mass is 9.94. The predicted octanol–water partition coefficient (Wildman–Crippen LogP) is 2.65. The van der Waals surface area contributed by atoms with E-state index in [-0.39, 0.29) is 23.8 Å². The molecule has 1 aliphatic carbocycles. The van der Waals surface area contributed by atoms with Crippen molar-refractivity contribution in [2.24, 2.45) is 18.9 Å². The Hall–Kier alpha value is -2.30. The first-order valence-corrected chi connectivity index (χ1v) is 9.75. The van der Waals surface area contributed by atoms with E-state index in [9.17, 15) is 9.59 Å². The molecule has 0 radical (unpaired) electrons. The van der Waals surface area contributed by atoms with Gasteiger partial charge < -0.3 is 14.4 Å². The van der Waals surface area contributed by atoms with Crippen molar-refractivity contribution in [2.45, 2.75) is 31.7 Å². The van der Waals surface area contributed by atoms with Gasteiger partial charge in [-0.1, -0.05) is 18.2 Å². The maximum atomic E-state index is 13.3. The molecule has 1 aromatic carbocycles. The van der Waals surface area contributed by atoms with E-state index in [1.165, 1.54) is 12.8 Å². The average molecular weight is 351 g/mol. The van der Waals surface area contributed by atoms with Crippen molar-refractivity contribution in [3.05, 3.63) is 36.0 Å². The van der Waals surface area contributed by atoms with Crippen molar-refractivity contribution in [1.29, 1.82) is 0 Å². The third kappa shape index (κ3) is 2.52. The molecule has 6 rings (SSSR count). The summed E-state index contributed by atoms with van der Waals surface area (Å²) in [4.78, 5) is 30.2. The molecule has 1 saturated carbocycles. The zero-order valence-corrected chi connectivity index (χ0v) is 15.2. The van der Waals surface area contributed by atoms with Crippen LogP contribution in [0.1, 0.15) is 36.0 Å². The summed E-state index contributed by atoms with van der Waals surface area (Å²) in [6.45, 7) is 2.14. The van der Waals surface area contributed by atoms with Crippen LogP contribution in [0.5, 0.6) is 0 Å². The largest absolute Gasteiger partial charge is 0.350 e. The second kappa shape index (κ2) is 5.86. The highest BCUT2D eigenvalue weighted by atomic mass is 16.2. The van der Waals surface area contributed by atoms with Crippen LogP contribution >= 0.6 is 0 Å². The summed E-state index contributed by atoms with van der Waals surface area (Å²) in [6, 6.07) is 8.22. The Morgan fingerprint density at radius 1 is 1.12 bits per heavy atom. The van der Waals surface area contributed by atoms with Crippen LogP contribution in [0.25, 0.3) is 10.9 Å². The molecule has 0 spiro atoms. The number of hydrogen-bond donors (Lipinski definition) is 0. The molecule has 0 unspecified atom stereocenters. The molecule has 2 aromatic rings. The highest BCUT2D eigenvalue weighted by molar-refractivity contribution is 6.07. The molecule has 3 aliphatic heterocycles. The number of hydrogen-bond acceptors (Lipinski definition) is 2.